The van der Waals surface area contributed by atoms with Crippen LogP contribution in [0.4, 0.5) is 0 Å². The third-order valence-corrected chi connectivity index (χ3v) is 5.80. The molecule has 0 aromatic heterocycles. The number of ketones is 1. The molecule has 0 radical (unpaired) electrons. The molecule has 0 aliphatic carbocycles. The molecule has 2 aromatic carbocycles. The summed E-state index contributed by atoms with van der Waals surface area (Å²) in [6.45, 7) is 4.58. The van der Waals surface area contributed by atoms with Gasteiger partial charge < -0.3 is 33.7 Å². The number of carbonyl (C=O) groups is 2. The molecule has 9 nitrogen and oxygen atoms in total. The van der Waals surface area contributed by atoms with E-state index >= 15 is 0 Å². The van der Waals surface area contributed by atoms with E-state index in [0.29, 0.717) is 47.2 Å². The lowest BCUT2D eigenvalue weighted by atomic mass is 9.94. The SMILES string of the molecule is COCCCN1C(=O)C(=O)/C(=C(/O)c2ccc3c(c2)OCO3)C1c1ccc(OC(C)C)c(OC)c1. The zero-order chi connectivity index (χ0) is 25.1. The van der Waals surface area contributed by atoms with Crippen molar-refractivity contribution in [3.63, 3.8) is 0 Å². The van der Waals surface area contributed by atoms with Gasteiger partial charge in [0.1, 0.15) is 5.76 Å². The minimum Gasteiger partial charge on any atom is -0.507 e. The number of aliphatic hydroxyl groups excluding tert-OH is 1. The highest BCUT2D eigenvalue weighted by Gasteiger charge is 2.46. The number of ether oxygens (including phenoxy) is 5. The summed E-state index contributed by atoms with van der Waals surface area (Å²) in [5.41, 5.74) is 0.948. The van der Waals surface area contributed by atoms with Gasteiger partial charge in [0.2, 0.25) is 6.79 Å². The van der Waals surface area contributed by atoms with Crippen LogP contribution >= 0.6 is 0 Å². The highest BCUT2D eigenvalue weighted by atomic mass is 16.7. The average molecular weight is 484 g/mol. The summed E-state index contributed by atoms with van der Waals surface area (Å²) < 4.78 is 27.2. The van der Waals surface area contributed by atoms with Crippen LogP contribution in [0.1, 0.15) is 37.4 Å². The second-order valence-electron chi connectivity index (χ2n) is 8.48. The van der Waals surface area contributed by atoms with Crippen molar-refractivity contribution in [1.82, 2.24) is 4.90 Å². The molecule has 4 rings (SSSR count). The van der Waals surface area contributed by atoms with Crippen molar-refractivity contribution in [2.24, 2.45) is 0 Å². The predicted octanol–water partition coefficient (Wildman–Crippen LogP) is 3.67. The molecule has 1 amide bonds. The van der Waals surface area contributed by atoms with E-state index in [0.717, 1.165) is 0 Å². The summed E-state index contributed by atoms with van der Waals surface area (Å²) in [5, 5.41) is 11.3. The van der Waals surface area contributed by atoms with Crippen LogP contribution in [-0.4, -0.2) is 62.0 Å². The molecule has 0 bridgehead atoms. The molecule has 1 saturated heterocycles. The molecule has 35 heavy (non-hydrogen) atoms. The van der Waals surface area contributed by atoms with E-state index in [-0.39, 0.29) is 30.8 Å². The lowest BCUT2D eigenvalue weighted by Gasteiger charge is -2.26. The van der Waals surface area contributed by atoms with Gasteiger partial charge in [-0.3, -0.25) is 9.59 Å². The summed E-state index contributed by atoms with van der Waals surface area (Å²) in [4.78, 5) is 27.7. The molecule has 0 spiro atoms. The van der Waals surface area contributed by atoms with Gasteiger partial charge in [0.05, 0.1) is 24.8 Å². The van der Waals surface area contributed by atoms with Crippen LogP contribution in [0.25, 0.3) is 5.76 Å². The number of methoxy groups -OCH3 is 2. The maximum absolute atomic E-state index is 13.2. The minimum absolute atomic E-state index is 0.00846. The largest absolute Gasteiger partial charge is 0.507 e. The van der Waals surface area contributed by atoms with Crippen LogP contribution in [0, 0.1) is 0 Å². The highest BCUT2D eigenvalue weighted by molar-refractivity contribution is 6.46. The van der Waals surface area contributed by atoms with Crippen molar-refractivity contribution in [2.45, 2.75) is 32.4 Å². The van der Waals surface area contributed by atoms with Crippen molar-refractivity contribution in [3.05, 3.63) is 53.1 Å². The van der Waals surface area contributed by atoms with Crippen molar-refractivity contribution in [3.8, 4) is 23.0 Å². The van der Waals surface area contributed by atoms with Crippen molar-refractivity contribution >= 4 is 17.4 Å². The first-order valence-corrected chi connectivity index (χ1v) is 11.4. The minimum atomic E-state index is -0.820. The molecule has 1 unspecified atom stereocenters. The third-order valence-electron chi connectivity index (χ3n) is 5.80. The van der Waals surface area contributed by atoms with E-state index in [2.05, 4.69) is 0 Å². The Morgan fingerprint density at radius 1 is 1.09 bits per heavy atom. The molecule has 1 atom stereocenters. The monoisotopic (exact) mass is 483 g/mol. The van der Waals surface area contributed by atoms with E-state index in [4.69, 9.17) is 23.7 Å². The summed E-state index contributed by atoms with van der Waals surface area (Å²) in [6.07, 6.45) is 0.455. The number of Topliss-reactive ketones (excluding diaryl/α,β-unsaturated/α-hetero) is 1. The first-order chi connectivity index (χ1) is 16.8. The van der Waals surface area contributed by atoms with Crippen molar-refractivity contribution < 1.29 is 38.4 Å². The van der Waals surface area contributed by atoms with E-state index in [1.807, 2.05) is 13.8 Å². The number of aliphatic hydroxyl groups is 1. The maximum atomic E-state index is 13.2. The van der Waals surface area contributed by atoms with Gasteiger partial charge in [-0.05, 0) is 56.2 Å². The molecule has 2 aliphatic rings. The number of hydrogen-bond acceptors (Lipinski definition) is 8. The fourth-order valence-electron chi connectivity index (χ4n) is 4.24. The van der Waals surface area contributed by atoms with Crippen LogP contribution < -0.4 is 18.9 Å². The first kappa shape index (κ1) is 24.4. The number of amides is 1. The number of rotatable bonds is 9. The molecular formula is C26H29NO8. The summed E-state index contributed by atoms with van der Waals surface area (Å²) in [6, 6.07) is 9.29. The zero-order valence-corrected chi connectivity index (χ0v) is 20.2. The molecule has 1 N–H and O–H groups in total. The Morgan fingerprint density at radius 2 is 1.86 bits per heavy atom. The second-order valence-corrected chi connectivity index (χ2v) is 8.48. The van der Waals surface area contributed by atoms with Gasteiger partial charge in [0, 0.05) is 25.8 Å². The zero-order valence-electron chi connectivity index (χ0n) is 20.2. The van der Waals surface area contributed by atoms with Crippen LogP contribution in [0.2, 0.25) is 0 Å². The number of benzene rings is 2. The molecular weight excluding hydrogens is 454 g/mol. The normalized spacial score (nSPS) is 18.4. The lowest BCUT2D eigenvalue weighted by Crippen LogP contribution is -2.31. The second kappa shape index (κ2) is 10.3. The van der Waals surface area contributed by atoms with Crippen molar-refractivity contribution in [1.29, 1.82) is 0 Å². The van der Waals surface area contributed by atoms with Gasteiger partial charge in [0.15, 0.2) is 23.0 Å². The quantitative estimate of drug-likeness (QED) is 0.249. The Morgan fingerprint density at radius 3 is 2.57 bits per heavy atom. The fraction of sp³-hybridized carbons (Fsp3) is 0.385. The molecule has 2 heterocycles. The fourth-order valence-corrected chi connectivity index (χ4v) is 4.24. The Kier molecular flexibility index (Phi) is 7.16. The van der Waals surface area contributed by atoms with E-state index in [1.165, 1.54) is 12.0 Å². The molecule has 186 valence electrons. The number of nitrogens with zero attached hydrogens (tertiary/aromatic N) is 1. The first-order valence-electron chi connectivity index (χ1n) is 11.4. The Bertz CT molecular complexity index is 1160. The smallest absolute Gasteiger partial charge is 0.295 e. The Balaban J connectivity index is 1.82. The van der Waals surface area contributed by atoms with Gasteiger partial charge in [0.25, 0.3) is 11.7 Å². The van der Waals surface area contributed by atoms with E-state index in [9.17, 15) is 14.7 Å². The average Bonchev–Trinajstić information content (AvgIpc) is 3.41. The standard InChI is InChI=1S/C26H29NO8/c1-15(2)35-19-9-6-16(12-20(19)32-4)23-22(25(29)26(30)27(23)10-5-11-31-3)24(28)17-7-8-18-21(13-17)34-14-33-18/h6-9,12-13,15,23,28H,5,10-11,14H2,1-4H3/b24-22+. The van der Waals surface area contributed by atoms with Gasteiger partial charge >= 0.3 is 0 Å². The molecule has 2 aromatic rings. The highest BCUT2D eigenvalue weighted by Crippen LogP contribution is 2.43. The maximum Gasteiger partial charge on any atom is 0.295 e. The number of carbonyl (C=O) groups excluding carboxylic acids is 2. The van der Waals surface area contributed by atoms with E-state index in [1.54, 1.807) is 43.5 Å². The molecule has 1 fully saturated rings. The Hall–Kier alpha value is -3.72. The summed E-state index contributed by atoms with van der Waals surface area (Å²) in [5.74, 6) is 0.266. The van der Waals surface area contributed by atoms with Crippen LogP contribution in [0.15, 0.2) is 42.0 Å². The number of likely N-dealkylation sites (tertiary alicyclic amines) is 1. The molecule has 2 aliphatic heterocycles. The topological polar surface area (TPSA) is 104 Å². The molecule has 9 heteroatoms. The number of fused-ring (bicyclic) bond motifs is 1. The van der Waals surface area contributed by atoms with Gasteiger partial charge in [-0.15, -0.1) is 0 Å². The molecule has 0 saturated carbocycles. The van der Waals surface area contributed by atoms with Crippen LogP contribution in [0.5, 0.6) is 23.0 Å². The van der Waals surface area contributed by atoms with Crippen molar-refractivity contribution in [2.75, 3.05) is 34.2 Å². The third kappa shape index (κ3) is 4.77. The summed E-state index contributed by atoms with van der Waals surface area (Å²) >= 11 is 0. The summed E-state index contributed by atoms with van der Waals surface area (Å²) in [7, 11) is 3.10. The number of hydrogen-bond donors (Lipinski definition) is 1. The predicted molar refractivity (Wildman–Crippen MR) is 127 cm³/mol. The van der Waals surface area contributed by atoms with Gasteiger partial charge in [-0.2, -0.15) is 0 Å². The lowest BCUT2D eigenvalue weighted by molar-refractivity contribution is -0.140. The van der Waals surface area contributed by atoms with Crippen LogP contribution in [0.3, 0.4) is 0 Å². The van der Waals surface area contributed by atoms with Crippen LogP contribution in [-0.2, 0) is 14.3 Å². The van der Waals surface area contributed by atoms with E-state index < -0.39 is 17.7 Å². The van der Waals surface area contributed by atoms with Gasteiger partial charge in [-0.25, -0.2) is 0 Å². The Labute approximate surface area is 203 Å². The van der Waals surface area contributed by atoms with Gasteiger partial charge in [-0.1, -0.05) is 6.07 Å².